The smallest absolute Gasteiger partial charge is 0.256 e. The minimum absolute atomic E-state index is 0.295. The third kappa shape index (κ3) is 7.91. The van der Waals surface area contributed by atoms with Crippen LogP contribution >= 0.6 is 11.8 Å². The number of benzene rings is 1. The first-order valence-corrected chi connectivity index (χ1v) is 13.2. The number of piperazine rings is 1. The Balaban J connectivity index is 0.00000186. The molecule has 10 nitrogen and oxygen atoms in total. The normalized spacial score (nSPS) is 13.2. The van der Waals surface area contributed by atoms with Gasteiger partial charge in [0, 0.05) is 50.3 Å². The Hall–Kier alpha value is -3.67. The molecule has 37 heavy (non-hydrogen) atoms. The Morgan fingerprint density at radius 1 is 1.08 bits per heavy atom. The number of nitrogens with two attached hydrogens (primary N) is 1. The number of carbonyl (C=O) groups excluding carboxylic acids is 1. The first kappa shape index (κ1) is 27.9. The zero-order chi connectivity index (χ0) is 26.6. The standard InChI is InChI=1S/C25H30N8OS.CH5N/c1-4-12-26-24(34)20-17-27-25(31-23(20)30-21-6-5-7-22(29-21)35-3)28-18-8-10-19(11-9-18)33-15-13-32(2)14-16-33;1-2/h4-11,17H,1,12-16H2,2-3H3,(H,26,34)(H2,27,28,29,30,31);2H2,1H3. The largest absolute Gasteiger partial charge is 0.369 e. The zero-order valence-electron chi connectivity index (χ0n) is 21.6. The number of hydrogen-bond acceptors (Lipinski definition) is 10. The van der Waals surface area contributed by atoms with Gasteiger partial charge in [0.25, 0.3) is 5.91 Å². The molecule has 0 spiro atoms. The molecular weight excluding hydrogens is 486 g/mol. The van der Waals surface area contributed by atoms with Gasteiger partial charge in [-0.05, 0) is 56.7 Å². The molecule has 0 unspecified atom stereocenters. The number of hydrogen-bond donors (Lipinski definition) is 4. The maximum atomic E-state index is 12.7. The summed E-state index contributed by atoms with van der Waals surface area (Å²) in [5, 5.41) is 10.0. The van der Waals surface area contributed by atoms with Crippen molar-refractivity contribution >= 4 is 46.6 Å². The number of aromatic nitrogens is 3. The van der Waals surface area contributed by atoms with Crippen molar-refractivity contribution in [3.63, 3.8) is 0 Å². The summed E-state index contributed by atoms with van der Waals surface area (Å²) >= 11 is 1.54. The fourth-order valence-corrected chi connectivity index (χ4v) is 4.04. The van der Waals surface area contributed by atoms with E-state index in [1.807, 2.05) is 36.6 Å². The number of carbonyl (C=O) groups is 1. The average Bonchev–Trinajstić information content (AvgIpc) is 2.94. The van der Waals surface area contributed by atoms with Crippen molar-refractivity contribution < 1.29 is 4.79 Å². The summed E-state index contributed by atoms with van der Waals surface area (Å²) in [6.45, 7) is 8.15. The summed E-state index contributed by atoms with van der Waals surface area (Å²) in [4.78, 5) is 30.9. The molecule has 0 atom stereocenters. The zero-order valence-corrected chi connectivity index (χ0v) is 22.4. The van der Waals surface area contributed by atoms with Crippen LogP contribution in [0.25, 0.3) is 0 Å². The Kier molecular flexibility index (Phi) is 10.7. The van der Waals surface area contributed by atoms with Gasteiger partial charge in [0.2, 0.25) is 5.95 Å². The van der Waals surface area contributed by atoms with Crippen molar-refractivity contribution in [2.24, 2.45) is 5.73 Å². The Morgan fingerprint density at radius 3 is 2.49 bits per heavy atom. The molecule has 1 aliphatic heterocycles. The van der Waals surface area contributed by atoms with Crippen LogP contribution in [0.5, 0.6) is 0 Å². The van der Waals surface area contributed by atoms with Crippen molar-refractivity contribution in [2.75, 3.05) is 68.6 Å². The summed E-state index contributed by atoms with van der Waals surface area (Å²) in [7, 11) is 3.65. The van der Waals surface area contributed by atoms with Crippen LogP contribution < -0.4 is 26.6 Å². The lowest BCUT2D eigenvalue weighted by molar-refractivity contribution is 0.0958. The topological polar surface area (TPSA) is 124 Å². The minimum atomic E-state index is -0.295. The fraction of sp³-hybridized carbons (Fsp3) is 0.308. The highest BCUT2D eigenvalue weighted by atomic mass is 32.2. The number of nitrogens with one attached hydrogen (secondary N) is 3. The third-order valence-electron chi connectivity index (χ3n) is 5.61. The Labute approximate surface area is 222 Å². The molecule has 0 bridgehead atoms. The first-order chi connectivity index (χ1) is 18.1. The van der Waals surface area contributed by atoms with Crippen LogP contribution in [0.2, 0.25) is 0 Å². The molecule has 5 N–H and O–H groups in total. The van der Waals surface area contributed by atoms with E-state index in [0.717, 1.165) is 36.9 Å². The molecule has 196 valence electrons. The highest BCUT2D eigenvalue weighted by Crippen LogP contribution is 2.24. The van der Waals surface area contributed by atoms with Crippen molar-refractivity contribution in [3.05, 3.63) is 66.9 Å². The van der Waals surface area contributed by atoms with Crippen LogP contribution in [0.3, 0.4) is 0 Å². The highest BCUT2D eigenvalue weighted by molar-refractivity contribution is 7.98. The third-order valence-corrected chi connectivity index (χ3v) is 6.26. The van der Waals surface area contributed by atoms with E-state index in [1.54, 1.807) is 6.08 Å². The summed E-state index contributed by atoms with van der Waals surface area (Å²) in [6, 6.07) is 13.9. The van der Waals surface area contributed by atoms with E-state index in [1.165, 1.54) is 30.7 Å². The Morgan fingerprint density at radius 2 is 1.81 bits per heavy atom. The van der Waals surface area contributed by atoms with Gasteiger partial charge in [-0.1, -0.05) is 12.1 Å². The SMILES string of the molecule is C=CCNC(=O)c1cnc(Nc2ccc(N3CCN(C)CC3)cc2)nc1Nc1cccc(SC)n1.CN. The summed E-state index contributed by atoms with van der Waals surface area (Å²) in [5.74, 6) is 1.04. The van der Waals surface area contributed by atoms with Crippen LogP contribution in [0.1, 0.15) is 10.4 Å². The molecule has 1 aliphatic rings. The molecule has 11 heteroatoms. The molecule has 1 fully saturated rings. The van der Waals surface area contributed by atoms with Gasteiger partial charge in [-0.15, -0.1) is 18.3 Å². The summed E-state index contributed by atoms with van der Waals surface area (Å²) < 4.78 is 0. The number of amides is 1. The molecule has 4 rings (SSSR count). The lowest BCUT2D eigenvalue weighted by Crippen LogP contribution is -2.44. The first-order valence-electron chi connectivity index (χ1n) is 12.0. The second-order valence-electron chi connectivity index (χ2n) is 8.11. The van der Waals surface area contributed by atoms with Crippen LogP contribution in [-0.4, -0.2) is 78.8 Å². The second kappa shape index (κ2) is 14.2. The maximum absolute atomic E-state index is 12.7. The highest BCUT2D eigenvalue weighted by Gasteiger charge is 2.17. The molecule has 3 heterocycles. The number of anilines is 5. The monoisotopic (exact) mass is 521 g/mol. The molecule has 1 saturated heterocycles. The molecule has 0 saturated carbocycles. The Bertz CT molecular complexity index is 1160. The van der Waals surface area contributed by atoms with Gasteiger partial charge in [0.1, 0.15) is 17.2 Å². The molecule has 0 aliphatic carbocycles. The summed E-state index contributed by atoms with van der Waals surface area (Å²) in [6.07, 6.45) is 5.09. The van der Waals surface area contributed by atoms with E-state index < -0.39 is 0 Å². The van der Waals surface area contributed by atoms with Gasteiger partial charge in [-0.2, -0.15) is 4.98 Å². The number of thioether (sulfide) groups is 1. The molecule has 3 aromatic rings. The van der Waals surface area contributed by atoms with Crippen LogP contribution in [0.4, 0.5) is 29.0 Å². The maximum Gasteiger partial charge on any atom is 0.256 e. The van der Waals surface area contributed by atoms with Gasteiger partial charge in [0.15, 0.2) is 0 Å². The predicted octanol–water partition coefficient (Wildman–Crippen LogP) is 3.32. The van der Waals surface area contributed by atoms with Gasteiger partial charge in [-0.3, -0.25) is 4.79 Å². The molecule has 1 amide bonds. The quantitative estimate of drug-likeness (QED) is 0.246. The van der Waals surface area contributed by atoms with E-state index in [-0.39, 0.29) is 5.91 Å². The molecule has 0 radical (unpaired) electrons. The lowest BCUT2D eigenvalue weighted by atomic mass is 10.2. The number of nitrogens with zero attached hydrogens (tertiary/aromatic N) is 5. The fourth-order valence-electron chi connectivity index (χ4n) is 3.63. The van der Waals surface area contributed by atoms with Crippen LogP contribution in [0.15, 0.2) is 66.3 Å². The van der Waals surface area contributed by atoms with E-state index in [2.05, 4.69) is 72.2 Å². The van der Waals surface area contributed by atoms with E-state index >= 15 is 0 Å². The van der Waals surface area contributed by atoms with Crippen LogP contribution in [-0.2, 0) is 0 Å². The second-order valence-corrected chi connectivity index (χ2v) is 8.93. The van der Waals surface area contributed by atoms with Gasteiger partial charge >= 0.3 is 0 Å². The molecular formula is C26H35N9OS. The van der Waals surface area contributed by atoms with Crippen molar-refractivity contribution in [1.29, 1.82) is 0 Å². The summed E-state index contributed by atoms with van der Waals surface area (Å²) in [5.41, 5.74) is 6.88. The number of rotatable bonds is 9. The number of likely N-dealkylation sites (N-methyl/N-ethyl adjacent to an activating group) is 1. The number of pyridine rings is 1. The van der Waals surface area contributed by atoms with Crippen LogP contribution in [0, 0.1) is 0 Å². The van der Waals surface area contributed by atoms with E-state index in [0.29, 0.717) is 29.7 Å². The van der Waals surface area contributed by atoms with Gasteiger partial charge in [-0.25, -0.2) is 9.97 Å². The van der Waals surface area contributed by atoms with Crippen molar-refractivity contribution in [3.8, 4) is 0 Å². The van der Waals surface area contributed by atoms with Gasteiger partial charge < -0.3 is 31.5 Å². The van der Waals surface area contributed by atoms with E-state index in [9.17, 15) is 4.79 Å². The molecule has 1 aromatic carbocycles. The minimum Gasteiger partial charge on any atom is -0.369 e. The average molecular weight is 522 g/mol. The van der Waals surface area contributed by atoms with Gasteiger partial charge in [0.05, 0.1) is 5.03 Å². The van der Waals surface area contributed by atoms with Crippen molar-refractivity contribution in [2.45, 2.75) is 5.03 Å². The van der Waals surface area contributed by atoms with Crippen molar-refractivity contribution in [1.82, 2.24) is 25.2 Å². The van der Waals surface area contributed by atoms with E-state index in [4.69, 9.17) is 0 Å². The lowest BCUT2D eigenvalue weighted by Gasteiger charge is -2.34. The predicted molar refractivity (Wildman–Crippen MR) is 153 cm³/mol. The molecule has 2 aromatic heterocycles.